The molecule has 3 aromatic rings. The predicted molar refractivity (Wildman–Crippen MR) is 153 cm³/mol. The van der Waals surface area contributed by atoms with Gasteiger partial charge < -0.3 is 19.9 Å². The SMILES string of the molecule is COc1ccc(N(Cc2cccnc2)C2CCN(C(C)CCNC(=O)c3c(C)cc(C#N)nc3C)CC2)cc1. The minimum absolute atomic E-state index is 0.126. The molecule has 0 saturated carbocycles. The van der Waals surface area contributed by atoms with Crippen LogP contribution >= 0.6 is 0 Å². The first kappa shape index (κ1) is 28.1. The summed E-state index contributed by atoms with van der Waals surface area (Å²) in [5, 5.41) is 12.2. The van der Waals surface area contributed by atoms with Gasteiger partial charge >= 0.3 is 0 Å². The van der Waals surface area contributed by atoms with Crippen molar-refractivity contribution in [3.8, 4) is 11.8 Å². The van der Waals surface area contributed by atoms with Gasteiger partial charge in [-0.1, -0.05) is 6.07 Å². The zero-order valence-corrected chi connectivity index (χ0v) is 23.4. The van der Waals surface area contributed by atoms with Crippen LogP contribution in [0.5, 0.6) is 5.75 Å². The lowest BCUT2D eigenvalue weighted by atomic mass is 9.99. The number of ether oxygens (including phenoxy) is 1. The molecule has 0 spiro atoms. The number of hydrogen-bond donors (Lipinski definition) is 1. The molecule has 1 atom stereocenters. The summed E-state index contributed by atoms with van der Waals surface area (Å²) < 4.78 is 5.37. The number of nitrogens with one attached hydrogen (secondary N) is 1. The number of aromatic nitrogens is 2. The van der Waals surface area contributed by atoms with Crippen molar-refractivity contribution in [1.29, 1.82) is 5.26 Å². The number of anilines is 1. The van der Waals surface area contributed by atoms with Crippen molar-refractivity contribution in [2.24, 2.45) is 0 Å². The van der Waals surface area contributed by atoms with Gasteiger partial charge in [0.25, 0.3) is 5.91 Å². The Hall–Kier alpha value is -3.96. The number of carbonyl (C=O) groups excluding carboxylic acids is 1. The summed E-state index contributed by atoms with van der Waals surface area (Å²) in [5.41, 5.74) is 4.66. The van der Waals surface area contributed by atoms with Gasteiger partial charge in [0.2, 0.25) is 0 Å². The number of nitriles is 1. The number of benzene rings is 1. The first-order valence-corrected chi connectivity index (χ1v) is 13.6. The third kappa shape index (κ3) is 7.12. The molecule has 0 bridgehead atoms. The molecule has 1 saturated heterocycles. The number of aryl methyl sites for hydroxylation is 2. The number of hydrogen-bond acceptors (Lipinski definition) is 7. The molecule has 3 heterocycles. The van der Waals surface area contributed by atoms with E-state index in [0.29, 0.717) is 35.6 Å². The van der Waals surface area contributed by atoms with E-state index in [9.17, 15) is 4.79 Å². The molecule has 1 aliphatic rings. The smallest absolute Gasteiger partial charge is 0.253 e. The van der Waals surface area contributed by atoms with Crippen LogP contribution in [-0.4, -0.2) is 59.6 Å². The molecule has 4 rings (SSSR count). The van der Waals surface area contributed by atoms with Crippen molar-refractivity contribution >= 4 is 11.6 Å². The van der Waals surface area contributed by atoms with E-state index >= 15 is 0 Å². The number of nitrogens with zero attached hydrogens (tertiary/aromatic N) is 5. The lowest BCUT2D eigenvalue weighted by Crippen LogP contribution is -2.48. The molecule has 8 nitrogen and oxygen atoms in total. The van der Waals surface area contributed by atoms with Crippen molar-refractivity contribution in [1.82, 2.24) is 20.2 Å². The second-order valence-electron chi connectivity index (χ2n) is 10.2. The van der Waals surface area contributed by atoms with Gasteiger partial charge in [-0.25, -0.2) is 4.98 Å². The number of amides is 1. The van der Waals surface area contributed by atoms with E-state index in [1.54, 1.807) is 20.1 Å². The summed E-state index contributed by atoms with van der Waals surface area (Å²) >= 11 is 0. The Balaban J connectivity index is 1.32. The van der Waals surface area contributed by atoms with Gasteiger partial charge in [0.1, 0.15) is 17.5 Å². The molecule has 39 heavy (non-hydrogen) atoms. The summed E-state index contributed by atoms with van der Waals surface area (Å²) in [6, 6.07) is 16.9. The maximum absolute atomic E-state index is 12.8. The van der Waals surface area contributed by atoms with Gasteiger partial charge in [0, 0.05) is 56.3 Å². The fourth-order valence-electron chi connectivity index (χ4n) is 5.43. The van der Waals surface area contributed by atoms with Crippen LogP contribution in [0.15, 0.2) is 54.9 Å². The zero-order valence-electron chi connectivity index (χ0n) is 23.4. The predicted octanol–water partition coefficient (Wildman–Crippen LogP) is 4.65. The van der Waals surface area contributed by atoms with Gasteiger partial charge in [-0.15, -0.1) is 0 Å². The van der Waals surface area contributed by atoms with Crippen molar-refractivity contribution in [3.63, 3.8) is 0 Å². The molecule has 0 radical (unpaired) electrons. The van der Waals surface area contributed by atoms with Gasteiger partial charge in [-0.05, 0) is 87.6 Å². The van der Waals surface area contributed by atoms with Crippen LogP contribution in [0.25, 0.3) is 0 Å². The maximum Gasteiger partial charge on any atom is 0.253 e. The van der Waals surface area contributed by atoms with Gasteiger partial charge in [0.15, 0.2) is 0 Å². The summed E-state index contributed by atoms with van der Waals surface area (Å²) in [6.45, 7) is 9.30. The van der Waals surface area contributed by atoms with E-state index in [1.165, 1.54) is 11.3 Å². The quantitative estimate of drug-likeness (QED) is 0.411. The second kappa shape index (κ2) is 13.2. The molecule has 1 aromatic carbocycles. The van der Waals surface area contributed by atoms with E-state index in [-0.39, 0.29) is 5.91 Å². The Morgan fingerprint density at radius 1 is 1.23 bits per heavy atom. The Bertz CT molecular complexity index is 1260. The van der Waals surface area contributed by atoms with Crippen LogP contribution in [0.2, 0.25) is 0 Å². The molecule has 1 aliphatic heterocycles. The fourth-order valence-corrected chi connectivity index (χ4v) is 5.43. The summed E-state index contributed by atoms with van der Waals surface area (Å²) in [6.07, 6.45) is 6.76. The van der Waals surface area contributed by atoms with Gasteiger partial charge in [-0.2, -0.15) is 5.26 Å². The monoisotopic (exact) mass is 526 g/mol. The van der Waals surface area contributed by atoms with Gasteiger partial charge in [-0.3, -0.25) is 9.78 Å². The van der Waals surface area contributed by atoms with Crippen LogP contribution in [-0.2, 0) is 6.54 Å². The molecule has 1 fully saturated rings. The van der Waals surface area contributed by atoms with Crippen LogP contribution in [0.4, 0.5) is 5.69 Å². The Morgan fingerprint density at radius 2 is 1.97 bits per heavy atom. The molecule has 1 amide bonds. The minimum Gasteiger partial charge on any atom is -0.497 e. The lowest BCUT2D eigenvalue weighted by Gasteiger charge is -2.42. The standard InChI is InChI=1S/C31H38N6O2/c1-22-18-26(19-32)35-24(3)30(22)31(38)34-15-11-23(2)36-16-12-28(13-17-36)37(21-25-6-5-14-33-20-25)27-7-9-29(39-4)10-8-27/h5-10,14,18,20,23,28H,11-13,15-17,21H2,1-4H3,(H,34,38). The molecular weight excluding hydrogens is 488 g/mol. The second-order valence-corrected chi connectivity index (χ2v) is 10.2. The molecule has 1 N–H and O–H groups in total. The van der Waals surface area contributed by atoms with E-state index < -0.39 is 0 Å². The maximum atomic E-state index is 12.8. The molecular formula is C31H38N6O2. The van der Waals surface area contributed by atoms with E-state index in [0.717, 1.165) is 50.2 Å². The fraction of sp³-hybridized carbons (Fsp3) is 0.419. The van der Waals surface area contributed by atoms with Crippen LogP contribution in [0, 0.1) is 25.2 Å². The summed E-state index contributed by atoms with van der Waals surface area (Å²) in [4.78, 5) is 26.4. The normalized spacial score (nSPS) is 14.8. The van der Waals surface area contributed by atoms with E-state index in [1.807, 2.05) is 43.6 Å². The average Bonchev–Trinajstić information content (AvgIpc) is 2.96. The van der Waals surface area contributed by atoms with Crippen LogP contribution in [0.1, 0.15) is 59.1 Å². The number of likely N-dealkylation sites (tertiary alicyclic amines) is 1. The Labute approximate surface area is 231 Å². The van der Waals surface area contributed by atoms with E-state index in [2.05, 4.69) is 50.2 Å². The minimum atomic E-state index is -0.126. The summed E-state index contributed by atoms with van der Waals surface area (Å²) in [5.74, 6) is 0.731. The average molecular weight is 527 g/mol. The number of methoxy groups -OCH3 is 1. The van der Waals surface area contributed by atoms with E-state index in [4.69, 9.17) is 10.00 Å². The third-order valence-corrected chi connectivity index (χ3v) is 7.63. The largest absolute Gasteiger partial charge is 0.497 e. The highest BCUT2D eigenvalue weighted by Gasteiger charge is 2.27. The highest BCUT2D eigenvalue weighted by Crippen LogP contribution is 2.28. The highest BCUT2D eigenvalue weighted by atomic mass is 16.5. The first-order valence-electron chi connectivity index (χ1n) is 13.6. The van der Waals surface area contributed by atoms with Crippen LogP contribution < -0.4 is 15.0 Å². The molecule has 2 aromatic heterocycles. The van der Waals surface area contributed by atoms with Gasteiger partial charge in [0.05, 0.1) is 18.4 Å². The van der Waals surface area contributed by atoms with Crippen molar-refractivity contribution in [3.05, 3.63) is 82.9 Å². The van der Waals surface area contributed by atoms with Crippen molar-refractivity contribution in [2.45, 2.75) is 58.7 Å². The van der Waals surface area contributed by atoms with Crippen LogP contribution in [0.3, 0.4) is 0 Å². The zero-order chi connectivity index (χ0) is 27.8. The number of rotatable bonds is 10. The molecule has 0 aliphatic carbocycles. The third-order valence-electron chi connectivity index (χ3n) is 7.63. The Morgan fingerprint density at radius 3 is 2.59 bits per heavy atom. The molecule has 1 unspecified atom stereocenters. The number of piperidine rings is 1. The van der Waals surface area contributed by atoms with Crippen molar-refractivity contribution < 1.29 is 9.53 Å². The Kier molecular flexibility index (Phi) is 9.50. The topological polar surface area (TPSA) is 94.4 Å². The summed E-state index contributed by atoms with van der Waals surface area (Å²) in [7, 11) is 1.69. The lowest BCUT2D eigenvalue weighted by molar-refractivity contribution is 0.0943. The first-order chi connectivity index (χ1) is 18.9. The highest BCUT2D eigenvalue weighted by molar-refractivity contribution is 5.96. The number of carbonyl (C=O) groups is 1. The number of pyridine rings is 2. The van der Waals surface area contributed by atoms with Crippen molar-refractivity contribution in [2.75, 3.05) is 31.6 Å². The molecule has 204 valence electrons. The molecule has 8 heteroatoms.